The quantitative estimate of drug-likeness (QED) is 0.0462. The molecule has 0 radical (unpaired) electrons. The lowest BCUT2D eigenvalue weighted by Crippen LogP contribution is -2.30. The Kier molecular flexibility index (Phi) is 51.9. The van der Waals surface area contributed by atoms with Crippen LogP contribution in [0.1, 0.15) is 234 Å². The summed E-state index contributed by atoms with van der Waals surface area (Å²) in [6, 6.07) is 0. The Balaban J connectivity index is 5.10. The van der Waals surface area contributed by atoms with Gasteiger partial charge in [0.2, 0.25) is 0 Å². The van der Waals surface area contributed by atoms with E-state index < -0.39 is 0 Å². The highest BCUT2D eigenvalue weighted by atomic mass is 16.6. The topological polar surface area (TPSA) is 128 Å². The summed E-state index contributed by atoms with van der Waals surface area (Å²) in [7, 11) is 0. The van der Waals surface area contributed by atoms with Gasteiger partial charge >= 0.3 is 11.9 Å². The Morgan fingerprint density at radius 2 is 0.712 bits per heavy atom. The van der Waals surface area contributed by atoms with E-state index in [-0.39, 0.29) is 42.6 Å². The Hall–Kier alpha value is -1.34. The molecule has 394 valence electrons. The predicted octanol–water partition coefficient (Wildman–Crippen LogP) is 13.3. The van der Waals surface area contributed by atoms with Crippen LogP contribution in [-0.2, 0) is 47.5 Å². The Morgan fingerprint density at radius 1 is 0.333 bits per heavy atom. The van der Waals surface area contributed by atoms with E-state index in [0.29, 0.717) is 79.3 Å². The van der Waals surface area contributed by atoms with Gasteiger partial charge in [-0.25, -0.2) is 0 Å². The van der Waals surface area contributed by atoms with E-state index in [0.717, 1.165) is 116 Å². The maximum absolute atomic E-state index is 13.2. The molecule has 11 nitrogen and oxygen atoms in total. The summed E-state index contributed by atoms with van der Waals surface area (Å²) in [6.07, 6.45) is 33.7. The molecule has 0 aliphatic rings. The molecule has 0 aliphatic heterocycles. The summed E-state index contributed by atoms with van der Waals surface area (Å²) in [6.45, 7) is 16.7. The molecule has 0 spiro atoms. The van der Waals surface area contributed by atoms with Crippen LogP contribution >= 0.6 is 0 Å². The van der Waals surface area contributed by atoms with Gasteiger partial charge in [0.15, 0.2) is 0 Å². The molecule has 0 saturated carbocycles. The molecule has 4 unspecified atom stereocenters. The number of aliphatic hydroxyl groups excluding tert-OH is 1. The SMILES string of the molecule is CCCCCCCCC(CCCCCC)C(=O)OCCCCCCOC(COCCOCCOCCOCCO)COC(CCCC)CCCC(CCCCCC)C(=O)OCCCCCC. The number of hydrogen-bond donors (Lipinski definition) is 1. The second-order valence-corrected chi connectivity index (χ2v) is 18.6. The molecule has 1 N–H and O–H groups in total. The molecule has 66 heavy (non-hydrogen) atoms. The molecular formula is C55H108O11. The molecule has 0 bridgehead atoms. The minimum atomic E-state index is -0.202. The number of aliphatic hydroxyl groups is 1. The summed E-state index contributed by atoms with van der Waals surface area (Å²) in [5, 5.41) is 8.80. The normalized spacial score (nSPS) is 13.5. The first-order valence-corrected chi connectivity index (χ1v) is 27.9. The number of hydrogen-bond acceptors (Lipinski definition) is 11. The average molecular weight is 945 g/mol. The first-order valence-electron chi connectivity index (χ1n) is 27.9. The van der Waals surface area contributed by atoms with Gasteiger partial charge in [0.1, 0.15) is 6.10 Å². The zero-order chi connectivity index (χ0) is 48.2. The fourth-order valence-electron chi connectivity index (χ4n) is 8.15. The third kappa shape index (κ3) is 43.9. The van der Waals surface area contributed by atoms with Crippen LogP contribution in [0.3, 0.4) is 0 Å². The van der Waals surface area contributed by atoms with Gasteiger partial charge in [0, 0.05) is 6.61 Å². The lowest BCUT2D eigenvalue weighted by atomic mass is 9.93. The van der Waals surface area contributed by atoms with Gasteiger partial charge in [-0.1, -0.05) is 169 Å². The predicted molar refractivity (Wildman–Crippen MR) is 270 cm³/mol. The van der Waals surface area contributed by atoms with Crippen molar-refractivity contribution in [2.45, 2.75) is 246 Å². The maximum atomic E-state index is 13.2. The fraction of sp³-hybridized carbons (Fsp3) is 0.964. The molecule has 0 amide bonds. The van der Waals surface area contributed by atoms with Crippen LogP contribution in [0.4, 0.5) is 0 Å². The molecule has 0 aromatic heterocycles. The lowest BCUT2D eigenvalue weighted by molar-refractivity contribution is -0.150. The second kappa shape index (κ2) is 53.0. The molecule has 0 fully saturated rings. The van der Waals surface area contributed by atoms with Gasteiger partial charge < -0.3 is 43.0 Å². The largest absolute Gasteiger partial charge is 0.465 e. The van der Waals surface area contributed by atoms with Crippen molar-refractivity contribution >= 4 is 11.9 Å². The van der Waals surface area contributed by atoms with Crippen molar-refractivity contribution in [3.8, 4) is 0 Å². The molecule has 0 aliphatic carbocycles. The minimum absolute atomic E-state index is 0.0121. The van der Waals surface area contributed by atoms with Gasteiger partial charge in [0.25, 0.3) is 0 Å². The average Bonchev–Trinajstić information content (AvgIpc) is 3.32. The highest BCUT2D eigenvalue weighted by Crippen LogP contribution is 2.23. The monoisotopic (exact) mass is 945 g/mol. The van der Waals surface area contributed by atoms with Crippen LogP contribution in [0.25, 0.3) is 0 Å². The summed E-state index contributed by atoms with van der Waals surface area (Å²) in [5.41, 5.74) is 0. The summed E-state index contributed by atoms with van der Waals surface area (Å²) >= 11 is 0. The third-order valence-corrected chi connectivity index (χ3v) is 12.4. The standard InChI is InChI=1S/C55H108O11/c1-6-11-16-20-21-26-33-50(31-24-17-12-7-2)54(57)65-40-29-23-22-28-38-63-53(48-62-47-46-61-45-44-60-43-42-59-41-37-56)49-66-52(35-15-10-5)36-30-34-51(32-25-18-13-8-3)55(58)64-39-27-19-14-9-4/h50-53,56H,6-49H2,1-5H3. The Labute approximate surface area is 406 Å². The summed E-state index contributed by atoms with van der Waals surface area (Å²) in [5.74, 6) is 0.00920. The molecule has 4 atom stereocenters. The smallest absolute Gasteiger partial charge is 0.308 e. The highest BCUT2D eigenvalue weighted by Gasteiger charge is 2.22. The van der Waals surface area contributed by atoms with E-state index in [1.54, 1.807) is 0 Å². The van der Waals surface area contributed by atoms with E-state index in [4.69, 9.17) is 43.0 Å². The van der Waals surface area contributed by atoms with Crippen LogP contribution in [0, 0.1) is 11.8 Å². The van der Waals surface area contributed by atoms with Crippen LogP contribution in [-0.4, -0.2) is 115 Å². The van der Waals surface area contributed by atoms with Crippen molar-refractivity contribution < 1.29 is 52.6 Å². The number of carbonyl (C=O) groups is 2. The number of unbranched alkanes of at least 4 members (excludes halogenated alkanes) is 18. The van der Waals surface area contributed by atoms with Gasteiger partial charge in [-0.3, -0.25) is 9.59 Å². The molecular weight excluding hydrogens is 837 g/mol. The van der Waals surface area contributed by atoms with E-state index >= 15 is 0 Å². The van der Waals surface area contributed by atoms with Crippen molar-refractivity contribution in [3.63, 3.8) is 0 Å². The minimum Gasteiger partial charge on any atom is -0.465 e. The zero-order valence-corrected chi connectivity index (χ0v) is 44.0. The third-order valence-electron chi connectivity index (χ3n) is 12.4. The van der Waals surface area contributed by atoms with E-state index in [9.17, 15) is 9.59 Å². The zero-order valence-electron chi connectivity index (χ0n) is 44.0. The van der Waals surface area contributed by atoms with Crippen molar-refractivity contribution in [2.24, 2.45) is 11.8 Å². The van der Waals surface area contributed by atoms with Gasteiger partial charge in [-0.2, -0.15) is 0 Å². The molecule has 0 saturated heterocycles. The molecule has 0 aromatic rings. The molecule has 0 heterocycles. The van der Waals surface area contributed by atoms with Crippen molar-refractivity contribution in [3.05, 3.63) is 0 Å². The first kappa shape index (κ1) is 64.7. The highest BCUT2D eigenvalue weighted by molar-refractivity contribution is 5.72. The van der Waals surface area contributed by atoms with E-state index in [1.165, 1.54) is 83.5 Å². The van der Waals surface area contributed by atoms with Crippen molar-refractivity contribution in [2.75, 3.05) is 85.9 Å². The summed E-state index contributed by atoms with van der Waals surface area (Å²) in [4.78, 5) is 26.3. The van der Waals surface area contributed by atoms with Crippen LogP contribution < -0.4 is 0 Å². The number of ether oxygens (including phenoxy) is 8. The van der Waals surface area contributed by atoms with Gasteiger partial charge in [-0.15, -0.1) is 0 Å². The Morgan fingerprint density at radius 3 is 1.21 bits per heavy atom. The number of carbonyl (C=O) groups excluding carboxylic acids is 2. The van der Waals surface area contributed by atoms with Gasteiger partial charge in [0.05, 0.1) is 97.2 Å². The van der Waals surface area contributed by atoms with E-state index in [1.807, 2.05) is 0 Å². The molecule has 0 aromatic carbocycles. The fourth-order valence-corrected chi connectivity index (χ4v) is 8.15. The second-order valence-electron chi connectivity index (χ2n) is 18.6. The molecule has 11 heteroatoms. The van der Waals surface area contributed by atoms with E-state index in [2.05, 4.69) is 34.6 Å². The first-order chi connectivity index (χ1) is 32.5. The van der Waals surface area contributed by atoms with Crippen molar-refractivity contribution in [1.82, 2.24) is 0 Å². The number of esters is 2. The lowest BCUT2D eigenvalue weighted by Gasteiger charge is -2.24. The van der Waals surface area contributed by atoms with Crippen LogP contribution in [0.15, 0.2) is 0 Å². The summed E-state index contributed by atoms with van der Waals surface area (Å²) < 4.78 is 47.1. The molecule has 0 rings (SSSR count). The van der Waals surface area contributed by atoms with Crippen molar-refractivity contribution in [1.29, 1.82) is 0 Å². The van der Waals surface area contributed by atoms with Gasteiger partial charge in [-0.05, 0) is 64.2 Å². The van der Waals surface area contributed by atoms with Crippen LogP contribution in [0.5, 0.6) is 0 Å². The Bertz CT molecular complexity index is 985. The number of rotatable bonds is 55. The van der Waals surface area contributed by atoms with Crippen LogP contribution in [0.2, 0.25) is 0 Å². The maximum Gasteiger partial charge on any atom is 0.308 e.